The first-order valence-corrected chi connectivity index (χ1v) is 7.45. The molecule has 6 nitrogen and oxygen atoms in total. The predicted octanol–water partition coefficient (Wildman–Crippen LogP) is 2.94. The average Bonchev–Trinajstić information content (AvgIpc) is 2.71. The van der Waals surface area contributed by atoms with Crippen molar-refractivity contribution < 1.29 is 22.7 Å². The van der Waals surface area contributed by atoms with Crippen LogP contribution in [0.1, 0.15) is 51.2 Å². The Morgan fingerprint density at radius 2 is 1.91 bits per heavy atom. The highest BCUT2D eigenvalue weighted by molar-refractivity contribution is 5.69. The number of H-pyrrole nitrogens is 1. The van der Waals surface area contributed by atoms with Crippen LogP contribution in [0.15, 0.2) is 0 Å². The van der Waals surface area contributed by atoms with Crippen molar-refractivity contribution in [3.05, 3.63) is 11.6 Å². The van der Waals surface area contributed by atoms with Crippen molar-refractivity contribution in [2.24, 2.45) is 5.41 Å². The van der Waals surface area contributed by atoms with E-state index in [1.54, 1.807) is 4.90 Å². The van der Waals surface area contributed by atoms with E-state index in [1.165, 1.54) is 0 Å². The standard InChI is InChI=1S/C14H19F3N4O2/c1-12(2,3)23-11(22)21-6-13(7-21)4-8(5-13)9-18-10(20-19-9)14(15,16)17/h8H,4-7H2,1-3H3,(H,18,19,20). The highest BCUT2D eigenvalue weighted by atomic mass is 19.4. The summed E-state index contributed by atoms with van der Waals surface area (Å²) in [6.45, 7) is 6.59. The molecule has 23 heavy (non-hydrogen) atoms. The topological polar surface area (TPSA) is 71.1 Å². The number of hydrogen-bond donors (Lipinski definition) is 1. The molecule has 0 atom stereocenters. The molecule has 2 heterocycles. The number of carbonyl (C=O) groups is 1. The zero-order valence-electron chi connectivity index (χ0n) is 13.2. The zero-order chi connectivity index (χ0) is 17.0. The highest BCUT2D eigenvalue weighted by Crippen LogP contribution is 2.55. The fourth-order valence-corrected chi connectivity index (χ4v) is 3.24. The highest BCUT2D eigenvalue weighted by Gasteiger charge is 2.55. The number of aromatic amines is 1. The van der Waals surface area contributed by atoms with E-state index >= 15 is 0 Å². The van der Waals surface area contributed by atoms with Gasteiger partial charge in [-0.2, -0.15) is 13.2 Å². The maximum Gasteiger partial charge on any atom is 0.453 e. The number of nitrogens with one attached hydrogen (secondary N) is 1. The summed E-state index contributed by atoms with van der Waals surface area (Å²) in [5.74, 6) is -0.907. The van der Waals surface area contributed by atoms with Crippen molar-refractivity contribution in [1.82, 2.24) is 20.1 Å². The minimum atomic E-state index is -4.53. The third-order valence-corrected chi connectivity index (χ3v) is 4.21. The second kappa shape index (κ2) is 4.85. The summed E-state index contributed by atoms with van der Waals surface area (Å²) < 4.78 is 42.8. The maximum absolute atomic E-state index is 12.5. The lowest BCUT2D eigenvalue weighted by atomic mass is 9.57. The Hall–Kier alpha value is -1.80. The third-order valence-electron chi connectivity index (χ3n) is 4.21. The van der Waals surface area contributed by atoms with E-state index in [0.29, 0.717) is 25.9 Å². The number of halogens is 3. The molecule has 3 rings (SSSR count). The van der Waals surface area contributed by atoms with E-state index < -0.39 is 17.6 Å². The summed E-state index contributed by atoms with van der Waals surface area (Å²) in [4.78, 5) is 17.0. The number of hydrogen-bond acceptors (Lipinski definition) is 4. The fourth-order valence-electron chi connectivity index (χ4n) is 3.24. The van der Waals surface area contributed by atoms with Gasteiger partial charge in [0.05, 0.1) is 0 Å². The molecule has 1 aromatic heterocycles. The molecule has 1 aliphatic carbocycles. The van der Waals surface area contributed by atoms with Crippen LogP contribution < -0.4 is 0 Å². The average molecular weight is 332 g/mol. The van der Waals surface area contributed by atoms with Gasteiger partial charge in [0, 0.05) is 24.4 Å². The fraction of sp³-hybridized carbons (Fsp3) is 0.786. The van der Waals surface area contributed by atoms with E-state index in [0.717, 1.165) is 0 Å². The summed E-state index contributed by atoms with van der Waals surface area (Å²) in [7, 11) is 0. The lowest BCUT2D eigenvalue weighted by Gasteiger charge is -2.58. The lowest BCUT2D eigenvalue weighted by Crippen LogP contribution is -2.63. The molecule has 128 valence electrons. The largest absolute Gasteiger partial charge is 0.453 e. The molecular weight excluding hydrogens is 313 g/mol. The molecule has 0 aromatic carbocycles. The SMILES string of the molecule is CC(C)(C)OC(=O)N1CC2(CC(c3nc(C(F)(F)F)n[nH]3)C2)C1. The molecule has 9 heteroatoms. The Morgan fingerprint density at radius 3 is 2.39 bits per heavy atom. The molecule has 1 aromatic rings. The van der Waals surface area contributed by atoms with Crippen LogP contribution in [0.2, 0.25) is 0 Å². The predicted molar refractivity (Wildman–Crippen MR) is 73.6 cm³/mol. The van der Waals surface area contributed by atoms with Crippen molar-refractivity contribution in [3.63, 3.8) is 0 Å². The van der Waals surface area contributed by atoms with Crippen LogP contribution in [0.5, 0.6) is 0 Å². The molecule has 2 aliphatic rings. The van der Waals surface area contributed by atoms with Gasteiger partial charge in [-0.15, -0.1) is 5.10 Å². The number of ether oxygens (including phenoxy) is 1. The monoisotopic (exact) mass is 332 g/mol. The number of likely N-dealkylation sites (tertiary alicyclic amines) is 1. The van der Waals surface area contributed by atoms with Crippen molar-refractivity contribution >= 4 is 6.09 Å². The molecule has 0 radical (unpaired) electrons. The first-order chi connectivity index (χ1) is 10.5. The van der Waals surface area contributed by atoms with Crippen molar-refractivity contribution in [1.29, 1.82) is 0 Å². The smallest absolute Gasteiger partial charge is 0.444 e. The van der Waals surface area contributed by atoms with Crippen LogP contribution in [0.3, 0.4) is 0 Å². The van der Waals surface area contributed by atoms with Gasteiger partial charge in [-0.1, -0.05) is 0 Å². The van der Waals surface area contributed by atoms with E-state index in [9.17, 15) is 18.0 Å². The molecule has 1 amide bonds. The Kier molecular flexibility index (Phi) is 3.39. The van der Waals surface area contributed by atoms with Gasteiger partial charge in [0.1, 0.15) is 11.4 Å². The van der Waals surface area contributed by atoms with Crippen LogP contribution in [-0.2, 0) is 10.9 Å². The molecule has 1 spiro atoms. The summed E-state index contributed by atoms with van der Waals surface area (Å²) in [6, 6.07) is 0. The van der Waals surface area contributed by atoms with Crippen LogP contribution >= 0.6 is 0 Å². The van der Waals surface area contributed by atoms with Gasteiger partial charge < -0.3 is 9.64 Å². The van der Waals surface area contributed by atoms with E-state index in [4.69, 9.17) is 4.74 Å². The Balaban J connectivity index is 1.51. The van der Waals surface area contributed by atoms with Crippen molar-refractivity contribution in [2.75, 3.05) is 13.1 Å². The summed E-state index contributed by atoms with van der Waals surface area (Å²) in [5.41, 5.74) is -0.539. The second-order valence-corrected chi connectivity index (χ2v) is 7.48. The maximum atomic E-state index is 12.5. The molecule has 0 unspecified atom stereocenters. The zero-order valence-corrected chi connectivity index (χ0v) is 13.2. The lowest BCUT2D eigenvalue weighted by molar-refractivity contribution is -0.144. The van der Waals surface area contributed by atoms with E-state index in [2.05, 4.69) is 15.2 Å². The van der Waals surface area contributed by atoms with Crippen LogP contribution in [0.25, 0.3) is 0 Å². The molecule has 1 N–H and O–H groups in total. The molecule has 2 fully saturated rings. The van der Waals surface area contributed by atoms with Gasteiger partial charge in [-0.05, 0) is 33.6 Å². The molecular formula is C14H19F3N4O2. The van der Waals surface area contributed by atoms with Crippen LogP contribution in [0, 0.1) is 5.41 Å². The van der Waals surface area contributed by atoms with Gasteiger partial charge in [0.2, 0.25) is 0 Å². The molecule has 1 saturated heterocycles. The Labute approximate surface area is 131 Å². The van der Waals surface area contributed by atoms with Crippen LogP contribution in [0.4, 0.5) is 18.0 Å². The van der Waals surface area contributed by atoms with Gasteiger partial charge in [0.25, 0.3) is 5.82 Å². The van der Waals surface area contributed by atoms with Crippen molar-refractivity contribution in [2.45, 2.75) is 51.3 Å². The number of alkyl halides is 3. The van der Waals surface area contributed by atoms with Gasteiger partial charge in [0.15, 0.2) is 0 Å². The number of nitrogens with zero attached hydrogens (tertiary/aromatic N) is 3. The summed E-state index contributed by atoms with van der Waals surface area (Å²) in [5, 5.41) is 5.60. The van der Waals surface area contributed by atoms with E-state index in [1.807, 2.05) is 20.8 Å². The Morgan fingerprint density at radius 1 is 1.30 bits per heavy atom. The minimum Gasteiger partial charge on any atom is -0.444 e. The number of aromatic nitrogens is 3. The summed E-state index contributed by atoms with van der Waals surface area (Å²) >= 11 is 0. The number of rotatable bonds is 1. The molecule has 1 saturated carbocycles. The van der Waals surface area contributed by atoms with Gasteiger partial charge in [-0.3, -0.25) is 5.10 Å². The molecule has 0 bridgehead atoms. The quantitative estimate of drug-likeness (QED) is 0.858. The normalized spacial score (nSPS) is 21.0. The Bertz CT molecular complexity index is 606. The first kappa shape index (κ1) is 16.1. The number of amides is 1. The van der Waals surface area contributed by atoms with Crippen molar-refractivity contribution in [3.8, 4) is 0 Å². The van der Waals surface area contributed by atoms with Gasteiger partial charge in [-0.25, -0.2) is 9.78 Å². The van der Waals surface area contributed by atoms with E-state index in [-0.39, 0.29) is 23.3 Å². The minimum absolute atomic E-state index is 0.00719. The molecule has 1 aliphatic heterocycles. The summed E-state index contributed by atoms with van der Waals surface area (Å²) in [6.07, 6.45) is -3.46. The van der Waals surface area contributed by atoms with Gasteiger partial charge >= 0.3 is 12.3 Å². The number of carbonyl (C=O) groups excluding carboxylic acids is 1. The van der Waals surface area contributed by atoms with Crippen LogP contribution in [-0.4, -0.2) is 44.9 Å². The third kappa shape index (κ3) is 3.13. The first-order valence-electron chi connectivity index (χ1n) is 7.45. The second-order valence-electron chi connectivity index (χ2n) is 7.48.